The lowest BCUT2D eigenvalue weighted by Gasteiger charge is -2.27. The van der Waals surface area contributed by atoms with E-state index in [4.69, 9.17) is 4.74 Å². The number of hydrogen-bond donors (Lipinski definition) is 1. The van der Waals surface area contributed by atoms with Crippen LogP contribution in [0.5, 0.6) is 0 Å². The number of anilines is 2. The lowest BCUT2D eigenvalue weighted by atomic mass is 10.1. The fourth-order valence-electron chi connectivity index (χ4n) is 3.09. The lowest BCUT2D eigenvalue weighted by Crippen LogP contribution is -2.41. The van der Waals surface area contributed by atoms with E-state index in [2.05, 4.69) is 5.32 Å². The van der Waals surface area contributed by atoms with Crippen molar-refractivity contribution in [2.24, 2.45) is 0 Å². The highest BCUT2D eigenvalue weighted by molar-refractivity contribution is 7.92. The van der Waals surface area contributed by atoms with Gasteiger partial charge in [-0.3, -0.25) is 13.9 Å². The van der Waals surface area contributed by atoms with E-state index in [0.29, 0.717) is 48.8 Å². The van der Waals surface area contributed by atoms with Gasteiger partial charge in [-0.15, -0.1) is 0 Å². The van der Waals surface area contributed by atoms with Gasteiger partial charge in [0, 0.05) is 25.7 Å². The van der Waals surface area contributed by atoms with Crippen molar-refractivity contribution >= 4 is 33.2 Å². The van der Waals surface area contributed by atoms with Gasteiger partial charge in [0.2, 0.25) is 10.0 Å². The van der Waals surface area contributed by atoms with Crippen LogP contribution in [-0.2, 0) is 14.8 Å². The third-order valence-corrected chi connectivity index (χ3v) is 6.75. The minimum absolute atomic E-state index is 0.0142. The van der Waals surface area contributed by atoms with Crippen molar-refractivity contribution in [3.63, 3.8) is 0 Å². The minimum Gasteiger partial charge on any atom is -0.378 e. The first kappa shape index (κ1) is 21.8. The minimum atomic E-state index is -3.38. The average molecular weight is 432 g/mol. The molecule has 3 rings (SSSR count). The zero-order valence-corrected chi connectivity index (χ0v) is 17.8. The van der Waals surface area contributed by atoms with Crippen molar-refractivity contribution in [3.8, 4) is 0 Å². The van der Waals surface area contributed by atoms with Crippen LogP contribution in [0.25, 0.3) is 0 Å². The molecule has 0 aromatic heterocycles. The maximum Gasteiger partial charge on any atom is 0.256 e. The monoisotopic (exact) mass is 431 g/mol. The van der Waals surface area contributed by atoms with Gasteiger partial charge in [-0.25, -0.2) is 8.42 Å². The van der Waals surface area contributed by atoms with Gasteiger partial charge in [-0.1, -0.05) is 12.1 Å². The highest BCUT2D eigenvalue weighted by atomic mass is 32.2. The number of sulfonamides is 1. The molecule has 9 heteroatoms. The number of para-hydroxylation sites is 1. The van der Waals surface area contributed by atoms with E-state index in [0.717, 1.165) is 0 Å². The second-order valence-electron chi connectivity index (χ2n) is 6.82. The molecule has 1 aliphatic rings. The maximum absolute atomic E-state index is 12.8. The summed E-state index contributed by atoms with van der Waals surface area (Å²) in [5.74, 6) is -0.555. The van der Waals surface area contributed by atoms with Gasteiger partial charge in [0.1, 0.15) is 0 Å². The molecule has 0 bridgehead atoms. The topological polar surface area (TPSA) is 96.0 Å². The molecule has 0 saturated carbocycles. The van der Waals surface area contributed by atoms with Crippen LogP contribution in [0.15, 0.2) is 48.5 Å². The first-order valence-corrected chi connectivity index (χ1v) is 11.3. The fourth-order valence-corrected chi connectivity index (χ4v) is 3.92. The predicted octanol–water partition coefficient (Wildman–Crippen LogP) is 2.20. The van der Waals surface area contributed by atoms with Crippen molar-refractivity contribution in [1.82, 2.24) is 4.90 Å². The van der Waals surface area contributed by atoms with Crippen molar-refractivity contribution < 1.29 is 22.7 Å². The quantitative estimate of drug-likeness (QED) is 0.756. The number of nitrogens with zero attached hydrogens (tertiary/aromatic N) is 2. The molecule has 160 valence electrons. The Morgan fingerprint density at radius 1 is 1.07 bits per heavy atom. The molecule has 1 N–H and O–H groups in total. The third-order valence-electron chi connectivity index (χ3n) is 4.98. The number of carbonyl (C=O) groups excluding carboxylic acids is 2. The molecule has 0 radical (unpaired) electrons. The number of benzene rings is 2. The third kappa shape index (κ3) is 4.80. The van der Waals surface area contributed by atoms with Gasteiger partial charge < -0.3 is 15.0 Å². The number of amides is 2. The molecule has 1 fully saturated rings. The summed E-state index contributed by atoms with van der Waals surface area (Å²) in [4.78, 5) is 27.3. The van der Waals surface area contributed by atoms with Crippen molar-refractivity contribution in [2.45, 2.75) is 6.92 Å². The van der Waals surface area contributed by atoms with Crippen LogP contribution in [-0.4, -0.2) is 64.2 Å². The molecule has 1 heterocycles. The highest BCUT2D eigenvalue weighted by Crippen LogP contribution is 2.21. The number of carbonyl (C=O) groups is 2. The number of morpholine rings is 1. The fraction of sp³-hybridized carbons (Fsp3) is 0.333. The predicted molar refractivity (Wildman–Crippen MR) is 115 cm³/mol. The molecule has 0 spiro atoms. The van der Waals surface area contributed by atoms with Crippen LogP contribution in [0.1, 0.15) is 27.6 Å². The number of nitrogens with one attached hydrogen (secondary N) is 1. The molecular formula is C21H25N3O5S. The van der Waals surface area contributed by atoms with Crippen LogP contribution < -0.4 is 9.62 Å². The van der Waals surface area contributed by atoms with Gasteiger partial charge in [-0.05, 0) is 43.3 Å². The summed E-state index contributed by atoms with van der Waals surface area (Å²) in [5, 5.41) is 2.79. The second-order valence-corrected chi connectivity index (χ2v) is 9.11. The summed E-state index contributed by atoms with van der Waals surface area (Å²) in [5.41, 5.74) is 1.66. The molecule has 0 atom stereocenters. The standard InChI is InChI=1S/C21H25N3O5S/c1-3-30(27,28)23(2)17-10-8-16(9-11-17)20(25)22-19-7-5-4-6-18(19)21(26)24-12-14-29-15-13-24/h4-11H,3,12-15H2,1-2H3,(H,22,25). The number of ether oxygens (including phenoxy) is 1. The van der Waals surface area contributed by atoms with Gasteiger partial charge in [0.25, 0.3) is 11.8 Å². The van der Waals surface area contributed by atoms with E-state index in [-0.39, 0.29) is 17.6 Å². The van der Waals surface area contributed by atoms with Crippen molar-refractivity contribution in [3.05, 3.63) is 59.7 Å². The Kier molecular flexibility index (Phi) is 6.73. The van der Waals surface area contributed by atoms with E-state index >= 15 is 0 Å². The Bertz CT molecular complexity index is 1020. The Hall–Kier alpha value is -2.91. The normalized spacial score (nSPS) is 14.3. The molecule has 30 heavy (non-hydrogen) atoms. The summed E-state index contributed by atoms with van der Waals surface area (Å²) in [6, 6.07) is 13.1. The largest absolute Gasteiger partial charge is 0.378 e. The number of rotatable bonds is 6. The average Bonchev–Trinajstić information content (AvgIpc) is 2.79. The maximum atomic E-state index is 12.8. The van der Waals surface area contributed by atoms with E-state index in [1.54, 1.807) is 60.4 Å². The Morgan fingerprint density at radius 2 is 1.70 bits per heavy atom. The Labute approximate surface area is 176 Å². The van der Waals surface area contributed by atoms with E-state index in [1.165, 1.54) is 11.4 Å². The SMILES string of the molecule is CCS(=O)(=O)N(C)c1ccc(C(=O)Nc2ccccc2C(=O)N2CCOCC2)cc1. The van der Waals surface area contributed by atoms with Crippen LogP contribution in [0.3, 0.4) is 0 Å². The zero-order valence-electron chi connectivity index (χ0n) is 17.0. The molecule has 8 nitrogen and oxygen atoms in total. The van der Waals surface area contributed by atoms with Crippen LogP contribution in [0.2, 0.25) is 0 Å². The molecule has 1 aliphatic heterocycles. The van der Waals surface area contributed by atoms with Crippen LogP contribution in [0.4, 0.5) is 11.4 Å². The van der Waals surface area contributed by atoms with Crippen molar-refractivity contribution in [2.75, 3.05) is 48.7 Å². The van der Waals surface area contributed by atoms with Crippen LogP contribution in [0, 0.1) is 0 Å². The molecular weight excluding hydrogens is 406 g/mol. The first-order valence-electron chi connectivity index (χ1n) is 9.67. The Morgan fingerprint density at radius 3 is 2.33 bits per heavy atom. The molecule has 0 unspecified atom stereocenters. The summed E-state index contributed by atoms with van der Waals surface area (Å²) < 4.78 is 30.5. The van der Waals surface area contributed by atoms with Gasteiger partial charge >= 0.3 is 0 Å². The number of hydrogen-bond acceptors (Lipinski definition) is 5. The van der Waals surface area contributed by atoms with Gasteiger partial charge in [0.15, 0.2) is 0 Å². The molecule has 2 aromatic carbocycles. The van der Waals surface area contributed by atoms with E-state index < -0.39 is 10.0 Å². The van der Waals surface area contributed by atoms with E-state index in [9.17, 15) is 18.0 Å². The Balaban J connectivity index is 1.76. The smallest absolute Gasteiger partial charge is 0.256 e. The van der Waals surface area contributed by atoms with Crippen molar-refractivity contribution in [1.29, 1.82) is 0 Å². The van der Waals surface area contributed by atoms with E-state index in [1.807, 2.05) is 0 Å². The first-order chi connectivity index (χ1) is 14.3. The summed E-state index contributed by atoms with van der Waals surface area (Å²) in [6.07, 6.45) is 0. The molecule has 2 aromatic rings. The zero-order chi connectivity index (χ0) is 21.7. The summed E-state index contributed by atoms with van der Waals surface area (Å²) in [6.45, 7) is 3.58. The molecule has 0 aliphatic carbocycles. The lowest BCUT2D eigenvalue weighted by molar-refractivity contribution is 0.0303. The second kappa shape index (κ2) is 9.27. The highest BCUT2D eigenvalue weighted by Gasteiger charge is 2.22. The van der Waals surface area contributed by atoms with Gasteiger partial charge in [0.05, 0.1) is 35.9 Å². The van der Waals surface area contributed by atoms with Gasteiger partial charge in [-0.2, -0.15) is 0 Å². The molecule has 1 saturated heterocycles. The summed E-state index contributed by atoms with van der Waals surface area (Å²) in [7, 11) is -1.90. The molecule has 2 amide bonds. The summed E-state index contributed by atoms with van der Waals surface area (Å²) >= 11 is 0. The van der Waals surface area contributed by atoms with Crippen LogP contribution >= 0.6 is 0 Å².